The predicted octanol–water partition coefficient (Wildman–Crippen LogP) is 6.83. The summed E-state index contributed by atoms with van der Waals surface area (Å²) in [6.07, 6.45) is 16.4. The third-order valence-corrected chi connectivity index (χ3v) is 5.53. The topological polar surface area (TPSA) is 66.9 Å². The number of nitrogens with one attached hydrogen (secondary N) is 2. The van der Waals surface area contributed by atoms with Gasteiger partial charge in [0, 0.05) is 29.7 Å². The van der Waals surface area contributed by atoms with Crippen molar-refractivity contribution in [3.63, 3.8) is 0 Å². The fourth-order valence-electron chi connectivity index (χ4n) is 3.86. The molecular weight excluding hydrogens is 372 g/mol. The lowest BCUT2D eigenvalue weighted by molar-refractivity contribution is 0.252. The summed E-state index contributed by atoms with van der Waals surface area (Å²) in [6, 6.07) is 9.53. The first kappa shape index (κ1) is 22.0. The quantitative estimate of drug-likeness (QED) is 0.256. The molecule has 5 heteroatoms. The summed E-state index contributed by atoms with van der Waals surface area (Å²) in [5.74, 6) is 0. The number of fused-ring (bicyclic) bond motifs is 3. The van der Waals surface area contributed by atoms with Gasteiger partial charge in [0.25, 0.3) is 0 Å². The maximum absolute atomic E-state index is 12.4. The van der Waals surface area contributed by atoms with Crippen molar-refractivity contribution in [1.82, 2.24) is 15.3 Å². The maximum Gasteiger partial charge on any atom is 0.319 e. The van der Waals surface area contributed by atoms with Gasteiger partial charge >= 0.3 is 6.03 Å². The normalized spacial score (nSPS) is 11.1. The van der Waals surface area contributed by atoms with Crippen LogP contribution in [-0.4, -0.2) is 22.5 Å². The summed E-state index contributed by atoms with van der Waals surface area (Å²) in [5.41, 5.74) is 2.42. The molecule has 0 aliphatic heterocycles. The number of pyridine rings is 2. The number of unbranched alkanes of at least 4 members (excludes halogenated alkanes) is 9. The lowest BCUT2D eigenvalue weighted by Crippen LogP contribution is -2.29. The standard InChI is InChI=1S/C25H34N4O/c1-2-3-4-5-6-7-8-9-10-11-16-28-25(30)29-22-19-20-14-12-17-26-23(20)24-21(22)15-13-18-27-24/h12-15,17-19H,2-11,16H2,1H3,(H2,28,29,30). The second-order valence-electron chi connectivity index (χ2n) is 7.96. The number of nitrogens with zero attached hydrogens (tertiary/aromatic N) is 2. The molecule has 2 heterocycles. The van der Waals surface area contributed by atoms with E-state index in [1.54, 1.807) is 12.4 Å². The van der Waals surface area contributed by atoms with Crippen molar-refractivity contribution in [1.29, 1.82) is 0 Å². The Morgan fingerprint density at radius 1 is 0.833 bits per heavy atom. The minimum Gasteiger partial charge on any atom is -0.338 e. The van der Waals surface area contributed by atoms with E-state index in [4.69, 9.17) is 0 Å². The summed E-state index contributed by atoms with van der Waals surface area (Å²) in [7, 11) is 0. The number of benzene rings is 1. The van der Waals surface area contributed by atoms with Crippen LogP contribution in [0.5, 0.6) is 0 Å². The van der Waals surface area contributed by atoms with Gasteiger partial charge in [0.1, 0.15) is 0 Å². The fraction of sp³-hybridized carbons (Fsp3) is 0.480. The predicted molar refractivity (Wildman–Crippen MR) is 126 cm³/mol. The van der Waals surface area contributed by atoms with Crippen LogP contribution in [0, 0.1) is 0 Å². The average molecular weight is 407 g/mol. The number of carbonyl (C=O) groups is 1. The van der Waals surface area contributed by atoms with Crippen molar-refractivity contribution in [2.45, 2.75) is 71.1 Å². The number of anilines is 1. The van der Waals surface area contributed by atoms with E-state index >= 15 is 0 Å². The van der Waals surface area contributed by atoms with E-state index < -0.39 is 0 Å². The highest BCUT2D eigenvalue weighted by molar-refractivity contribution is 6.11. The second kappa shape index (κ2) is 12.1. The van der Waals surface area contributed by atoms with Crippen molar-refractivity contribution in [3.05, 3.63) is 42.7 Å². The van der Waals surface area contributed by atoms with Crippen LogP contribution < -0.4 is 10.6 Å². The van der Waals surface area contributed by atoms with Gasteiger partial charge < -0.3 is 10.6 Å². The third kappa shape index (κ3) is 6.41. The molecule has 0 atom stereocenters. The zero-order valence-corrected chi connectivity index (χ0v) is 18.1. The minimum atomic E-state index is -0.167. The van der Waals surface area contributed by atoms with Gasteiger partial charge in [0.05, 0.1) is 16.7 Å². The monoisotopic (exact) mass is 406 g/mol. The molecule has 0 spiro atoms. The Hall–Kier alpha value is -2.69. The Morgan fingerprint density at radius 3 is 2.20 bits per heavy atom. The first-order chi connectivity index (χ1) is 14.8. The number of carbonyl (C=O) groups excluding carboxylic acids is 1. The van der Waals surface area contributed by atoms with Gasteiger partial charge in [0.15, 0.2) is 0 Å². The SMILES string of the molecule is CCCCCCCCCCCCNC(=O)Nc1cc2cccnc2c2ncccc12. The smallest absolute Gasteiger partial charge is 0.319 e. The van der Waals surface area contributed by atoms with Crippen molar-refractivity contribution in [3.8, 4) is 0 Å². The molecule has 3 aromatic rings. The van der Waals surface area contributed by atoms with Gasteiger partial charge in [-0.2, -0.15) is 0 Å². The van der Waals surface area contributed by atoms with Gasteiger partial charge in [-0.3, -0.25) is 9.97 Å². The molecule has 30 heavy (non-hydrogen) atoms. The third-order valence-electron chi connectivity index (χ3n) is 5.53. The number of rotatable bonds is 12. The van der Waals surface area contributed by atoms with Crippen LogP contribution in [0.3, 0.4) is 0 Å². The zero-order valence-electron chi connectivity index (χ0n) is 18.1. The Morgan fingerprint density at radius 2 is 1.47 bits per heavy atom. The average Bonchev–Trinajstić information content (AvgIpc) is 2.77. The van der Waals surface area contributed by atoms with Gasteiger partial charge in [-0.05, 0) is 30.7 Å². The van der Waals surface area contributed by atoms with Gasteiger partial charge in [-0.1, -0.05) is 70.8 Å². The summed E-state index contributed by atoms with van der Waals surface area (Å²) in [6.45, 7) is 2.96. The molecule has 5 nitrogen and oxygen atoms in total. The van der Waals surface area contributed by atoms with Crippen molar-refractivity contribution in [2.24, 2.45) is 0 Å². The molecule has 2 N–H and O–H groups in total. The van der Waals surface area contributed by atoms with E-state index in [1.807, 2.05) is 30.3 Å². The molecule has 160 valence electrons. The molecular formula is C25H34N4O. The Labute approximate surface area is 179 Å². The zero-order chi connectivity index (χ0) is 21.0. The minimum absolute atomic E-state index is 0.167. The highest BCUT2D eigenvalue weighted by Gasteiger charge is 2.10. The molecule has 0 unspecified atom stereocenters. The molecule has 0 aliphatic rings. The lowest BCUT2D eigenvalue weighted by atomic mass is 10.1. The van der Waals surface area contributed by atoms with E-state index in [2.05, 4.69) is 27.5 Å². The van der Waals surface area contributed by atoms with E-state index in [0.717, 1.165) is 33.9 Å². The summed E-state index contributed by atoms with van der Waals surface area (Å²) in [5, 5.41) is 7.84. The first-order valence-electron chi connectivity index (χ1n) is 11.5. The molecule has 0 fully saturated rings. The van der Waals surface area contributed by atoms with Crippen molar-refractivity contribution in [2.75, 3.05) is 11.9 Å². The van der Waals surface area contributed by atoms with Gasteiger partial charge in [-0.25, -0.2) is 4.79 Å². The highest BCUT2D eigenvalue weighted by atomic mass is 16.2. The molecule has 0 aliphatic carbocycles. The Bertz CT molecular complexity index is 941. The fourth-order valence-corrected chi connectivity index (χ4v) is 3.86. The second-order valence-corrected chi connectivity index (χ2v) is 7.96. The maximum atomic E-state index is 12.4. The first-order valence-corrected chi connectivity index (χ1v) is 11.5. The molecule has 0 radical (unpaired) electrons. The summed E-state index contributed by atoms with van der Waals surface area (Å²) < 4.78 is 0. The highest BCUT2D eigenvalue weighted by Crippen LogP contribution is 2.29. The summed E-state index contributed by atoms with van der Waals surface area (Å²) >= 11 is 0. The van der Waals surface area contributed by atoms with Crippen LogP contribution in [0.4, 0.5) is 10.5 Å². The number of urea groups is 1. The molecule has 0 bridgehead atoms. The lowest BCUT2D eigenvalue weighted by Gasteiger charge is -2.11. The van der Waals surface area contributed by atoms with E-state index in [1.165, 1.54) is 57.8 Å². The van der Waals surface area contributed by atoms with E-state index in [0.29, 0.717) is 6.54 Å². The molecule has 2 aromatic heterocycles. The molecule has 0 saturated heterocycles. The number of amides is 2. The molecule has 0 saturated carbocycles. The molecule has 1 aromatic carbocycles. The van der Waals surface area contributed by atoms with Crippen LogP contribution in [0.15, 0.2) is 42.7 Å². The van der Waals surface area contributed by atoms with Crippen molar-refractivity contribution < 1.29 is 4.79 Å². The largest absolute Gasteiger partial charge is 0.338 e. The van der Waals surface area contributed by atoms with Crippen LogP contribution in [0.25, 0.3) is 21.8 Å². The van der Waals surface area contributed by atoms with Crippen LogP contribution in [-0.2, 0) is 0 Å². The number of aromatic nitrogens is 2. The van der Waals surface area contributed by atoms with Crippen molar-refractivity contribution >= 4 is 33.5 Å². The number of hydrogen-bond donors (Lipinski definition) is 2. The van der Waals surface area contributed by atoms with Gasteiger partial charge in [0.2, 0.25) is 0 Å². The van der Waals surface area contributed by atoms with E-state index in [-0.39, 0.29) is 6.03 Å². The molecule has 3 rings (SSSR count). The van der Waals surface area contributed by atoms with Crippen LogP contribution in [0.2, 0.25) is 0 Å². The Balaban J connectivity index is 1.41. The van der Waals surface area contributed by atoms with Gasteiger partial charge in [-0.15, -0.1) is 0 Å². The van der Waals surface area contributed by atoms with E-state index in [9.17, 15) is 4.79 Å². The molecule has 2 amide bonds. The summed E-state index contributed by atoms with van der Waals surface area (Å²) in [4.78, 5) is 21.3. The van der Waals surface area contributed by atoms with Crippen LogP contribution in [0.1, 0.15) is 71.1 Å². The number of hydrogen-bond acceptors (Lipinski definition) is 3. The Kier molecular flexibility index (Phi) is 8.88. The van der Waals surface area contributed by atoms with Crippen LogP contribution >= 0.6 is 0 Å².